The Morgan fingerprint density at radius 2 is 2.09 bits per heavy atom. The van der Waals surface area contributed by atoms with Crippen LogP contribution in [0.15, 0.2) is 24.3 Å². The maximum Gasteiger partial charge on any atom is 0.356 e. The number of aromatic nitrogens is 3. The van der Waals surface area contributed by atoms with Gasteiger partial charge in [-0.05, 0) is 37.6 Å². The Morgan fingerprint density at radius 1 is 1.34 bits per heavy atom. The second kappa shape index (κ2) is 9.23. The SMILES string of the molecule is Cc1cc([C@@H](C)Nc2ccc(Cl)nc2C(=O)O)c2nc(N3CCC(F)(F)[C@H](C)C3)c(C#N)nc2c1. The van der Waals surface area contributed by atoms with Crippen LogP contribution in [0.5, 0.6) is 0 Å². The Balaban J connectivity index is 1.78. The Hall–Kier alpha value is -3.58. The van der Waals surface area contributed by atoms with E-state index in [2.05, 4.69) is 15.3 Å². The minimum Gasteiger partial charge on any atom is -0.476 e. The number of fused-ring (bicyclic) bond motifs is 1. The van der Waals surface area contributed by atoms with Crippen LogP contribution in [0.2, 0.25) is 5.15 Å². The Kier molecular flexibility index (Phi) is 6.47. The summed E-state index contributed by atoms with van der Waals surface area (Å²) in [4.78, 5) is 26.4. The molecule has 3 aromatic rings. The van der Waals surface area contributed by atoms with Gasteiger partial charge in [0.15, 0.2) is 17.2 Å². The van der Waals surface area contributed by atoms with E-state index < -0.39 is 23.9 Å². The number of carboxylic acids is 1. The summed E-state index contributed by atoms with van der Waals surface area (Å²) in [5.41, 5.74) is 2.68. The number of carboxylic acid groups (broad SMARTS) is 1. The number of hydrogen-bond donors (Lipinski definition) is 2. The van der Waals surface area contributed by atoms with Crippen molar-refractivity contribution in [2.24, 2.45) is 5.92 Å². The quantitative estimate of drug-likeness (QED) is 0.459. The maximum atomic E-state index is 14.1. The minimum absolute atomic E-state index is 0.0509. The summed E-state index contributed by atoms with van der Waals surface area (Å²) in [7, 11) is 0. The lowest BCUT2D eigenvalue weighted by atomic mass is 9.95. The molecule has 35 heavy (non-hydrogen) atoms. The summed E-state index contributed by atoms with van der Waals surface area (Å²) in [5.74, 6) is -4.64. The van der Waals surface area contributed by atoms with E-state index >= 15 is 0 Å². The molecule has 0 amide bonds. The molecule has 1 aliphatic heterocycles. The number of halogens is 3. The predicted molar refractivity (Wildman–Crippen MR) is 128 cm³/mol. The van der Waals surface area contributed by atoms with Crippen LogP contribution in [-0.4, -0.2) is 45.0 Å². The largest absolute Gasteiger partial charge is 0.476 e. The number of anilines is 2. The first kappa shape index (κ1) is 24.5. The van der Waals surface area contributed by atoms with E-state index in [-0.39, 0.29) is 47.6 Å². The molecule has 1 saturated heterocycles. The summed E-state index contributed by atoms with van der Waals surface area (Å²) in [5, 5.41) is 22.4. The van der Waals surface area contributed by atoms with E-state index in [1.807, 2.05) is 26.0 Å². The van der Waals surface area contributed by atoms with Crippen molar-refractivity contribution in [3.8, 4) is 6.07 Å². The molecule has 0 saturated carbocycles. The van der Waals surface area contributed by atoms with E-state index in [1.165, 1.54) is 19.1 Å². The van der Waals surface area contributed by atoms with E-state index in [1.54, 1.807) is 11.0 Å². The number of aromatic carboxylic acids is 1. The van der Waals surface area contributed by atoms with Crippen molar-refractivity contribution in [1.82, 2.24) is 15.0 Å². The number of piperidine rings is 1. The number of benzene rings is 1. The van der Waals surface area contributed by atoms with Gasteiger partial charge >= 0.3 is 5.97 Å². The van der Waals surface area contributed by atoms with Crippen molar-refractivity contribution < 1.29 is 18.7 Å². The fourth-order valence-corrected chi connectivity index (χ4v) is 4.40. The van der Waals surface area contributed by atoms with Gasteiger partial charge in [-0.25, -0.2) is 28.5 Å². The number of rotatable bonds is 5. The molecule has 0 aliphatic carbocycles. The number of hydrogen-bond acceptors (Lipinski definition) is 7. The van der Waals surface area contributed by atoms with Crippen molar-refractivity contribution in [1.29, 1.82) is 5.26 Å². The lowest BCUT2D eigenvalue weighted by molar-refractivity contribution is -0.0652. The molecule has 4 rings (SSSR count). The molecule has 2 aromatic heterocycles. The zero-order chi connectivity index (χ0) is 25.5. The van der Waals surface area contributed by atoms with Gasteiger partial charge in [-0.1, -0.05) is 24.6 Å². The summed E-state index contributed by atoms with van der Waals surface area (Å²) in [6, 6.07) is 8.32. The standard InChI is InChI=1S/C24H23ClF2N6O2/c1-12-8-15(14(3)29-16-4-5-19(25)31-21(16)23(34)35)20-17(9-12)30-18(10-28)22(32-20)33-7-6-24(26,27)13(2)11-33/h4-5,8-9,13-14,29H,6-7,11H2,1-3H3,(H,34,35)/t13-,14-/m1/s1. The van der Waals surface area contributed by atoms with Gasteiger partial charge in [0, 0.05) is 31.0 Å². The first-order valence-corrected chi connectivity index (χ1v) is 11.4. The molecule has 0 bridgehead atoms. The van der Waals surface area contributed by atoms with Gasteiger partial charge in [0.1, 0.15) is 11.2 Å². The summed E-state index contributed by atoms with van der Waals surface area (Å²) in [6.45, 7) is 5.29. The van der Waals surface area contributed by atoms with Gasteiger partial charge in [0.2, 0.25) is 0 Å². The van der Waals surface area contributed by atoms with Crippen molar-refractivity contribution in [3.63, 3.8) is 0 Å². The number of nitrogens with one attached hydrogen (secondary N) is 1. The summed E-state index contributed by atoms with van der Waals surface area (Å²) >= 11 is 5.86. The van der Waals surface area contributed by atoms with Crippen LogP contribution in [0.25, 0.3) is 11.0 Å². The molecule has 2 N–H and O–H groups in total. The topological polar surface area (TPSA) is 115 Å². The van der Waals surface area contributed by atoms with Gasteiger partial charge in [-0.2, -0.15) is 5.26 Å². The van der Waals surface area contributed by atoms with E-state index in [4.69, 9.17) is 16.6 Å². The molecule has 1 fully saturated rings. The average molecular weight is 501 g/mol. The van der Waals surface area contributed by atoms with Crippen LogP contribution in [0, 0.1) is 24.2 Å². The number of pyridine rings is 1. The molecule has 1 aromatic carbocycles. The molecule has 182 valence electrons. The highest BCUT2D eigenvalue weighted by Crippen LogP contribution is 2.36. The second-order valence-electron chi connectivity index (χ2n) is 8.79. The van der Waals surface area contributed by atoms with E-state index in [9.17, 15) is 23.9 Å². The lowest BCUT2D eigenvalue weighted by Gasteiger charge is -2.37. The third-order valence-electron chi connectivity index (χ3n) is 6.16. The lowest BCUT2D eigenvalue weighted by Crippen LogP contribution is -2.46. The van der Waals surface area contributed by atoms with Gasteiger partial charge in [-0.3, -0.25) is 0 Å². The molecule has 2 atom stereocenters. The highest BCUT2D eigenvalue weighted by molar-refractivity contribution is 6.29. The van der Waals surface area contributed by atoms with Crippen molar-refractivity contribution in [3.05, 3.63) is 51.9 Å². The molecule has 11 heteroatoms. The Morgan fingerprint density at radius 3 is 2.74 bits per heavy atom. The molecule has 1 aliphatic rings. The molecule has 3 heterocycles. The monoisotopic (exact) mass is 500 g/mol. The van der Waals surface area contributed by atoms with Gasteiger partial charge in [0.25, 0.3) is 5.92 Å². The Bertz CT molecular complexity index is 1360. The van der Waals surface area contributed by atoms with E-state index in [0.29, 0.717) is 16.6 Å². The molecular weight excluding hydrogens is 478 g/mol. The minimum atomic E-state index is -2.78. The first-order valence-electron chi connectivity index (χ1n) is 11.0. The first-order chi connectivity index (χ1) is 16.5. The molecular formula is C24H23ClF2N6O2. The number of aryl methyl sites for hydroxylation is 1. The van der Waals surface area contributed by atoms with Crippen LogP contribution in [0.4, 0.5) is 20.3 Å². The Labute approximate surface area is 205 Å². The fourth-order valence-electron chi connectivity index (χ4n) is 4.25. The average Bonchev–Trinajstić information content (AvgIpc) is 2.80. The summed E-state index contributed by atoms with van der Waals surface area (Å²) in [6.07, 6.45) is -0.334. The normalized spacial score (nSPS) is 18.2. The van der Waals surface area contributed by atoms with E-state index in [0.717, 1.165) is 5.56 Å². The maximum absolute atomic E-state index is 14.1. The van der Waals surface area contributed by atoms with Crippen molar-refractivity contribution in [2.45, 2.75) is 39.2 Å². The molecule has 0 unspecified atom stereocenters. The van der Waals surface area contributed by atoms with Crippen LogP contribution < -0.4 is 10.2 Å². The zero-order valence-corrected chi connectivity index (χ0v) is 20.1. The number of alkyl halides is 2. The molecule has 0 spiro atoms. The van der Waals surface area contributed by atoms with Crippen molar-refractivity contribution in [2.75, 3.05) is 23.3 Å². The van der Waals surface area contributed by atoms with Crippen LogP contribution >= 0.6 is 11.6 Å². The molecule has 0 radical (unpaired) electrons. The van der Waals surface area contributed by atoms with Gasteiger partial charge in [-0.15, -0.1) is 0 Å². The number of nitriles is 1. The predicted octanol–water partition coefficient (Wildman–Crippen LogP) is 5.21. The van der Waals surface area contributed by atoms with Gasteiger partial charge in [0.05, 0.1) is 22.8 Å². The van der Waals surface area contributed by atoms with Crippen LogP contribution in [0.3, 0.4) is 0 Å². The van der Waals surface area contributed by atoms with Crippen LogP contribution in [-0.2, 0) is 0 Å². The molecule has 8 nitrogen and oxygen atoms in total. The highest BCUT2D eigenvalue weighted by atomic mass is 35.5. The van der Waals surface area contributed by atoms with Crippen molar-refractivity contribution >= 4 is 40.1 Å². The fraction of sp³-hybridized carbons (Fsp3) is 0.375. The number of nitrogens with zero attached hydrogens (tertiary/aromatic N) is 5. The summed E-state index contributed by atoms with van der Waals surface area (Å²) < 4.78 is 28.1. The number of carbonyl (C=O) groups is 1. The van der Waals surface area contributed by atoms with Crippen LogP contribution in [0.1, 0.15) is 53.6 Å². The third kappa shape index (κ3) is 4.82. The zero-order valence-electron chi connectivity index (χ0n) is 19.3. The third-order valence-corrected chi connectivity index (χ3v) is 6.37. The van der Waals surface area contributed by atoms with Gasteiger partial charge < -0.3 is 15.3 Å². The highest BCUT2D eigenvalue weighted by Gasteiger charge is 2.42. The smallest absolute Gasteiger partial charge is 0.356 e. The second-order valence-corrected chi connectivity index (χ2v) is 9.18.